The highest BCUT2D eigenvalue weighted by Crippen LogP contribution is 2.29. The summed E-state index contributed by atoms with van der Waals surface area (Å²) in [5, 5.41) is 3.50. The molecular formula is C16H21N3O3S2. The molecule has 3 rings (SSSR count). The van der Waals surface area contributed by atoms with Crippen molar-refractivity contribution < 1.29 is 13.2 Å². The highest BCUT2D eigenvalue weighted by Gasteiger charge is 2.30. The lowest BCUT2D eigenvalue weighted by Crippen LogP contribution is -2.42. The Morgan fingerprint density at radius 2 is 2.08 bits per heavy atom. The van der Waals surface area contributed by atoms with Crippen LogP contribution >= 0.6 is 11.3 Å². The minimum absolute atomic E-state index is 0.0692. The Hall–Kier alpha value is -1.51. The largest absolute Gasteiger partial charge is 0.302 e. The van der Waals surface area contributed by atoms with Gasteiger partial charge in [-0.1, -0.05) is 23.5 Å². The third kappa shape index (κ3) is 3.45. The summed E-state index contributed by atoms with van der Waals surface area (Å²) in [5.74, 6) is -0.128. The van der Waals surface area contributed by atoms with E-state index in [9.17, 15) is 13.2 Å². The molecule has 0 spiro atoms. The number of carbonyl (C=O) groups is 1. The molecule has 0 atom stereocenters. The smallest absolute Gasteiger partial charge is 0.229 e. The number of anilines is 1. The van der Waals surface area contributed by atoms with Crippen LogP contribution in [0.1, 0.15) is 25.3 Å². The lowest BCUT2D eigenvalue weighted by atomic mass is 9.97. The number of hydrogen-bond acceptors (Lipinski definition) is 5. The number of thiazole rings is 1. The van der Waals surface area contributed by atoms with Crippen molar-refractivity contribution in [3.05, 3.63) is 23.8 Å². The van der Waals surface area contributed by atoms with Gasteiger partial charge in [0.1, 0.15) is 0 Å². The van der Waals surface area contributed by atoms with Crippen molar-refractivity contribution in [1.29, 1.82) is 0 Å². The molecule has 2 heterocycles. The van der Waals surface area contributed by atoms with Gasteiger partial charge in [-0.25, -0.2) is 17.7 Å². The highest BCUT2D eigenvalue weighted by atomic mass is 32.2. The summed E-state index contributed by atoms with van der Waals surface area (Å²) in [5.41, 5.74) is 2.00. The zero-order valence-electron chi connectivity index (χ0n) is 13.8. The molecule has 1 N–H and O–H groups in total. The van der Waals surface area contributed by atoms with E-state index in [0.29, 0.717) is 31.1 Å². The Bertz CT molecular complexity index is 853. The van der Waals surface area contributed by atoms with Crippen LogP contribution in [0.25, 0.3) is 10.2 Å². The molecule has 1 aromatic heterocycles. The first-order chi connectivity index (χ1) is 11.4. The second-order valence-electron chi connectivity index (χ2n) is 6.00. The maximum Gasteiger partial charge on any atom is 0.229 e. The topological polar surface area (TPSA) is 79.4 Å². The number of rotatable bonds is 4. The van der Waals surface area contributed by atoms with E-state index in [4.69, 9.17) is 0 Å². The first-order valence-corrected chi connectivity index (χ1v) is 10.5. The van der Waals surface area contributed by atoms with Crippen LogP contribution in [0.5, 0.6) is 0 Å². The fraction of sp³-hybridized carbons (Fsp3) is 0.500. The van der Waals surface area contributed by atoms with Crippen molar-refractivity contribution in [2.24, 2.45) is 5.92 Å². The van der Waals surface area contributed by atoms with Crippen LogP contribution in [0.15, 0.2) is 18.2 Å². The van der Waals surface area contributed by atoms with Gasteiger partial charge in [-0.05, 0) is 38.3 Å². The normalized spacial score (nSPS) is 17.2. The van der Waals surface area contributed by atoms with Gasteiger partial charge in [-0.15, -0.1) is 0 Å². The number of sulfonamides is 1. The predicted molar refractivity (Wildman–Crippen MR) is 96.7 cm³/mol. The van der Waals surface area contributed by atoms with E-state index in [0.717, 1.165) is 15.8 Å². The summed E-state index contributed by atoms with van der Waals surface area (Å²) in [6.45, 7) is 4.46. The molecule has 130 valence electrons. The average Bonchev–Trinajstić information content (AvgIpc) is 2.99. The molecule has 0 unspecified atom stereocenters. The van der Waals surface area contributed by atoms with Crippen LogP contribution in [0.2, 0.25) is 0 Å². The lowest BCUT2D eigenvalue weighted by molar-refractivity contribution is -0.120. The van der Waals surface area contributed by atoms with E-state index in [1.54, 1.807) is 6.92 Å². The number of benzene rings is 1. The average molecular weight is 367 g/mol. The van der Waals surface area contributed by atoms with E-state index in [2.05, 4.69) is 10.3 Å². The highest BCUT2D eigenvalue weighted by molar-refractivity contribution is 7.89. The molecule has 0 saturated carbocycles. The van der Waals surface area contributed by atoms with Gasteiger partial charge < -0.3 is 5.32 Å². The summed E-state index contributed by atoms with van der Waals surface area (Å²) in [4.78, 5) is 16.9. The summed E-state index contributed by atoms with van der Waals surface area (Å²) in [6.07, 6.45) is 1.10. The molecule has 2 aromatic rings. The molecule has 0 aliphatic carbocycles. The number of nitrogens with one attached hydrogen (secondary N) is 1. The molecule has 24 heavy (non-hydrogen) atoms. The Kier molecular flexibility index (Phi) is 4.89. The summed E-state index contributed by atoms with van der Waals surface area (Å²) < 4.78 is 26.3. The van der Waals surface area contributed by atoms with Crippen LogP contribution in [-0.4, -0.2) is 42.5 Å². The standard InChI is InChI=1S/C16H21N3O3S2/c1-3-24(21,22)19-9-7-12(8-10-19)15(20)18-16-17-14-11(2)5-4-6-13(14)23-16/h4-6,12H,3,7-10H2,1-2H3,(H,17,18,20). The first-order valence-electron chi connectivity index (χ1n) is 8.05. The lowest BCUT2D eigenvalue weighted by Gasteiger charge is -2.30. The maximum atomic E-state index is 12.4. The molecule has 0 radical (unpaired) electrons. The van der Waals surface area contributed by atoms with Crippen molar-refractivity contribution in [2.45, 2.75) is 26.7 Å². The molecule has 8 heteroatoms. The zero-order valence-corrected chi connectivity index (χ0v) is 15.4. The molecular weight excluding hydrogens is 346 g/mol. The van der Waals surface area contributed by atoms with Gasteiger partial charge in [0.25, 0.3) is 0 Å². The molecule has 1 aromatic carbocycles. The van der Waals surface area contributed by atoms with E-state index in [1.807, 2.05) is 25.1 Å². The number of aryl methyl sites for hydroxylation is 1. The molecule has 1 saturated heterocycles. The number of piperidine rings is 1. The monoisotopic (exact) mass is 367 g/mol. The van der Waals surface area contributed by atoms with Gasteiger partial charge in [-0.2, -0.15) is 0 Å². The molecule has 1 aliphatic rings. The number of hydrogen-bond donors (Lipinski definition) is 1. The molecule has 6 nitrogen and oxygen atoms in total. The zero-order chi connectivity index (χ0) is 17.3. The van der Waals surface area contributed by atoms with Crippen molar-refractivity contribution in [3.8, 4) is 0 Å². The molecule has 1 fully saturated rings. The summed E-state index contributed by atoms with van der Waals surface area (Å²) in [6, 6.07) is 5.96. The Morgan fingerprint density at radius 1 is 1.38 bits per heavy atom. The third-order valence-electron chi connectivity index (χ3n) is 4.43. The van der Waals surface area contributed by atoms with Crippen molar-refractivity contribution >= 4 is 42.6 Å². The van der Waals surface area contributed by atoms with Crippen LogP contribution in [0, 0.1) is 12.8 Å². The van der Waals surface area contributed by atoms with Crippen molar-refractivity contribution in [2.75, 3.05) is 24.2 Å². The Balaban J connectivity index is 1.64. The number of nitrogens with zero attached hydrogens (tertiary/aromatic N) is 2. The van der Waals surface area contributed by atoms with E-state index in [1.165, 1.54) is 15.6 Å². The van der Waals surface area contributed by atoms with Gasteiger partial charge >= 0.3 is 0 Å². The minimum Gasteiger partial charge on any atom is -0.302 e. The molecule has 1 aliphatic heterocycles. The van der Waals surface area contributed by atoms with Crippen LogP contribution in [-0.2, 0) is 14.8 Å². The van der Waals surface area contributed by atoms with E-state index >= 15 is 0 Å². The third-order valence-corrected chi connectivity index (χ3v) is 7.25. The second-order valence-corrected chi connectivity index (χ2v) is 9.29. The molecule has 0 bridgehead atoms. The van der Waals surface area contributed by atoms with Gasteiger partial charge in [0.15, 0.2) is 5.13 Å². The number of para-hydroxylation sites is 1. The number of fused-ring (bicyclic) bond motifs is 1. The number of carbonyl (C=O) groups excluding carboxylic acids is 1. The number of aromatic nitrogens is 1. The fourth-order valence-electron chi connectivity index (χ4n) is 2.93. The predicted octanol–water partition coefficient (Wildman–Crippen LogP) is 2.60. The summed E-state index contributed by atoms with van der Waals surface area (Å²) >= 11 is 1.46. The fourth-order valence-corrected chi connectivity index (χ4v) is 5.00. The first kappa shape index (κ1) is 17.3. The quantitative estimate of drug-likeness (QED) is 0.901. The second kappa shape index (κ2) is 6.78. The van der Waals surface area contributed by atoms with Crippen molar-refractivity contribution in [3.63, 3.8) is 0 Å². The number of amides is 1. The van der Waals surface area contributed by atoms with Gasteiger partial charge in [0, 0.05) is 19.0 Å². The summed E-state index contributed by atoms with van der Waals surface area (Å²) in [7, 11) is -3.16. The van der Waals surface area contributed by atoms with Crippen molar-refractivity contribution in [1.82, 2.24) is 9.29 Å². The van der Waals surface area contributed by atoms with Gasteiger partial charge in [0.2, 0.25) is 15.9 Å². The van der Waals surface area contributed by atoms with E-state index < -0.39 is 10.0 Å². The van der Waals surface area contributed by atoms with Gasteiger partial charge in [0.05, 0.1) is 16.0 Å². The Morgan fingerprint density at radius 3 is 2.71 bits per heavy atom. The Labute approximate surface area is 145 Å². The van der Waals surface area contributed by atoms with Crippen LogP contribution < -0.4 is 5.32 Å². The molecule has 1 amide bonds. The van der Waals surface area contributed by atoms with Gasteiger partial charge in [-0.3, -0.25) is 4.79 Å². The van der Waals surface area contributed by atoms with Crippen LogP contribution in [0.4, 0.5) is 5.13 Å². The van der Waals surface area contributed by atoms with Crippen LogP contribution in [0.3, 0.4) is 0 Å². The SMILES string of the molecule is CCS(=O)(=O)N1CCC(C(=O)Nc2nc3c(C)cccc3s2)CC1. The minimum atomic E-state index is -3.16. The maximum absolute atomic E-state index is 12.4. The van der Waals surface area contributed by atoms with E-state index in [-0.39, 0.29) is 17.6 Å².